The van der Waals surface area contributed by atoms with Gasteiger partial charge in [-0.3, -0.25) is 4.98 Å². The topological polar surface area (TPSA) is 63.8 Å². The van der Waals surface area contributed by atoms with E-state index < -0.39 is 0 Å². The van der Waals surface area contributed by atoms with Crippen LogP contribution in [0.1, 0.15) is 18.2 Å². The lowest BCUT2D eigenvalue weighted by Gasteiger charge is -1.98. The first-order chi connectivity index (χ1) is 7.93. The monoisotopic (exact) mass is 252 g/mol. The molecule has 1 N–H and O–H groups in total. The lowest BCUT2D eigenvalue weighted by Crippen LogP contribution is -2.08. The lowest BCUT2D eigenvalue weighted by molar-refractivity contribution is 0.359. The third-order valence-corrected chi connectivity index (χ3v) is 2.77. The van der Waals surface area contributed by atoms with Crippen molar-refractivity contribution in [1.29, 1.82) is 0 Å². The van der Waals surface area contributed by atoms with Crippen molar-refractivity contribution in [1.82, 2.24) is 20.4 Å². The van der Waals surface area contributed by atoms with Gasteiger partial charge in [0, 0.05) is 24.5 Å². The van der Waals surface area contributed by atoms with Crippen LogP contribution in [-0.2, 0) is 0 Å². The van der Waals surface area contributed by atoms with E-state index in [1.54, 1.807) is 12.4 Å². The van der Waals surface area contributed by atoms with Gasteiger partial charge in [-0.05, 0) is 25.1 Å². The quantitative estimate of drug-likeness (QED) is 0.880. The summed E-state index contributed by atoms with van der Waals surface area (Å²) in [7, 11) is 0. The highest BCUT2D eigenvalue weighted by Gasteiger charge is 2.22. The highest BCUT2D eigenvalue weighted by molar-refractivity contribution is 5.85. The average molecular weight is 253 g/mol. The van der Waals surface area contributed by atoms with Crippen molar-refractivity contribution in [3.05, 3.63) is 30.4 Å². The summed E-state index contributed by atoms with van der Waals surface area (Å²) in [6, 6.07) is 3.79. The van der Waals surface area contributed by atoms with E-state index >= 15 is 0 Å². The third kappa shape index (κ3) is 2.45. The van der Waals surface area contributed by atoms with Crippen LogP contribution in [0.3, 0.4) is 0 Å². The van der Waals surface area contributed by atoms with Crippen LogP contribution in [0.4, 0.5) is 0 Å². The fourth-order valence-electron chi connectivity index (χ4n) is 1.88. The first-order valence-electron chi connectivity index (χ1n) is 5.38. The number of nitrogens with one attached hydrogen (secondary N) is 1. The molecular formula is C11H13ClN4O. The smallest absolute Gasteiger partial charge is 0.231 e. The molecule has 3 heterocycles. The van der Waals surface area contributed by atoms with Gasteiger partial charge in [-0.15, -0.1) is 12.4 Å². The SMILES string of the molecule is Cl.c1cncc(-c2noc([C@@H]3CCNC3)n2)c1. The highest BCUT2D eigenvalue weighted by Crippen LogP contribution is 2.23. The van der Waals surface area contributed by atoms with E-state index in [9.17, 15) is 0 Å². The molecule has 0 amide bonds. The van der Waals surface area contributed by atoms with Gasteiger partial charge in [0.2, 0.25) is 11.7 Å². The third-order valence-electron chi connectivity index (χ3n) is 2.77. The van der Waals surface area contributed by atoms with E-state index in [1.807, 2.05) is 12.1 Å². The van der Waals surface area contributed by atoms with Crippen LogP contribution in [0.15, 0.2) is 29.0 Å². The molecule has 1 aliphatic rings. The van der Waals surface area contributed by atoms with Gasteiger partial charge in [0.25, 0.3) is 0 Å². The Labute approximate surface area is 105 Å². The normalized spacial score (nSPS) is 18.9. The van der Waals surface area contributed by atoms with Gasteiger partial charge < -0.3 is 9.84 Å². The van der Waals surface area contributed by atoms with Crippen LogP contribution in [-0.4, -0.2) is 28.2 Å². The molecule has 0 saturated carbocycles. The number of hydrogen-bond donors (Lipinski definition) is 1. The molecule has 2 aromatic heterocycles. The molecular weight excluding hydrogens is 240 g/mol. The predicted octanol–water partition coefficient (Wildman–Crippen LogP) is 1.63. The van der Waals surface area contributed by atoms with Crippen molar-refractivity contribution in [2.75, 3.05) is 13.1 Å². The molecule has 1 fully saturated rings. The molecule has 0 aromatic carbocycles. The second-order valence-corrected chi connectivity index (χ2v) is 3.89. The zero-order valence-electron chi connectivity index (χ0n) is 9.17. The molecule has 1 saturated heterocycles. The van der Waals surface area contributed by atoms with E-state index in [0.29, 0.717) is 11.7 Å². The molecule has 1 atom stereocenters. The fourth-order valence-corrected chi connectivity index (χ4v) is 1.88. The standard InChI is InChI=1S/C11H12N4O.ClH/c1-2-8(6-12-4-1)10-14-11(16-15-10)9-3-5-13-7-9;/h1-2,4,6,9,13H,3,5,7H2;1H/t9-;/m1./s1. The summed E-state index contributed by atoms with van der Waals surface area (Å²) in [5.74, 6) is 1.71. The van der Waals surface area contributed by atoms with Crippen molar-refractivity contribution >= 4 is 12.4 Å². The molecule has 17 heavy (non-hydrogen) atoms. The first-order valence-corrected chi connectivity index (χ1v) is 5.38. The van der Waals surface area contributed by atoms with E-state index in [1.165, 1.54) is 0 Å². The van der Waals surface area contributed by atoms with Gasteiger partial charge >= 0.3 is 0 Å². The van der Waals surface area contributed by atoms with Crippen molar-refractivity contribution < 1.29 is 4.52 Å². The number of pyridine rings is 1. The summed E-state index contributed by atoms with van der Waals surface area (Å²) in [4.78, 5) is 8.44. The van der Waals surface area contributed by atoms with Gasteiger partial charge in [-0.25, -0.2) is 0 Å². The maximum absolute atomic E-state index is 5.27. The Hall–Kier alpha value is -1.46. The molecule has 6 heteroatoms. The number of rotatable bonds is 2. The Morgan fingerprint density at radius 2 is 2.35 bits per heavy atom. The van der Waals surface area contributed by atoms with Gasteiger partial charge in [0.05, 0.1) is 5.92 Å². The van der Waals surface area contributed by atoms with E-state index in [0.717, 1.165) is 31.0 Å². The minimum absolute atomic E-state index is 0. The summed E-state index contributed by atoms with van der Waals surface area (Å²) in [6.45, 7) is 1.95. The molecule has 2 aromatic rings. The number of nitrogens with zero attached hydrogens (tertiary/aromatic N) is 3. The number of hydrogen-bond acceptors (Lipinski definition) is 5. The van der Waals surface area contributed by atoms with Gasteiger partial charge in [-0.2, -0.15) is 4.98 Å². The molecule has 1 aliphatic heterocycles. The van der Waals surface area contributed by atoms with Crippen LogP contribution >= 0.6 is 12.4 Å². The summed E-state index contributed by atoms with van der Waals surface area (Å²) >= 11 is 0. The molecule has 0 aliphatic carbocycles. The van der Waals surface area contributed by atoms with Crippen LogP contribution in [0.25, 0.3) is 11.4 Å². The number of aromatic nitrogens is 3. The maximum Gasteiger partial charge on any atom is 0.231 e. The minimum Gasteiger partial charge on any atom is -0.339 e. The minimum atomic E-state index is 0. The number of halogens is 1. The Kier molecular flexibility index (Phi) is 3.71. The van der Waals surface area contributed by atoms with Crippen LogP contribution in [0.2, 0.25) is 0 Å². The Morgan fingerprint density at radius 3 is 3.06 bits per heavy atom. The molecule has 0 bridgehead atoms. The molecule has 90 valence electrons. The maximum atomic E-state index is 5.27. The van der Waals surface area contributed by atoms with Crippen molar-refractivity contribution in [2.45, 2.75) is 12.3 Å². The van der Waals surface area contributed by atoms with E-state index in [2.05, 4.69) is 20.4 Å². The highest BCUT2D eigenvalue weighted by atomic mass is 35.5. The van der Waals surface area contributed by atoms with Crippen LogP contribution in [0, 0.1) is 0 Å². The lowest BCUT2D eigenvalue weighted by atomic mass is 10.1. The Morgan fingerprint density at radius 1 is 1.41 bits per heavy atom. The second-order valence-electron chi connectivity index (χ2n) is 3.89. The largest absolute Gasteiger partial charge is 0.339 e. The zero-order chi connectivity index (χ0) is 10.8. The van der Waals surface area contributed by atoms with Crippen LogP contribution in [0.5, 0.6) is 0 Å². The van der Waals surface area contributed by atoms with Crippen molar-refractivity contribution in [3.8, 4) is 11.4 Å². The molecule has 0 unspecified atom stereocenters. The second kappa shape index (κ2) is 5.25. The average Bonchev–Trinajstić information content (AvgIpc) is 3.01. The fraction of sp³-hybridized carbons (Fsp3) is 0.364. The zero-order valence-corrected chi connectivity index (χ0v) is 9.98. The van der Waals surface area contributed by atoms with Gasteiger partial charge in [0.15, 0.2) is 0 Å². The first kappa shape index (κ1) is 12.0. The van der Waals surface area contributed by atoms with Crippen molar-refractivity contribution in [3.63, 3.8) is 0 Å². The van der Waals surface area contributed by atoms with E-state index in [-0.39, 0.29) is 12.4 Å². The molecule has 0 spiro atoms. The summed E-state index contributed by atoms with van der Waals surface area (Å²) in [5.41, 5.74) is 0.892. The molecule has 3 rings (SSSR count). The molecule has 5 nitrogen and oxygen atoms in total. The van der Waals surface area contributed by atoms with Crippen LogP contribution < -0.4 is 5.32 Å². The summed E-state index contributed by atoms with van der Waals surface area (Å²) in [5, 5.41) is 7.26. The summed E-state index contributed by atoms with van der Waals surface area (Å²) in [6.07, 6.45) is 4.53. The molecule has 0 radical (unpaired) electrons. The van der Waals surface area contributed by atoms with Gasteiger partial charge in [0.1, 0.15) is 0 Å². The Bertz CT molecular complexity index is 467. The van der Waals surface area contributed by atoms with Gasteiger partial charge in [-0.1, -0.05) is 5.16 Å². The van der Waals surface area contributed by atoms with Crippen molar-refractivity contribution in [2.24, 2.45) is 0 Å². The predicted molar refractivity (Wildman–Crippen MR) is 65.0 cm³/mol. The Balaban J connectivity index is 0.00000108. The van der Waals surface area contributed by atoms with E-state index in [4.69, 9.17) is 4.52 Å². The summed E-state index contributed by atoms with van der Waals surface area (Å²) < 4.78 is 5.27.